The normalized spacial score (nSPS) is 11.2. The van der Waals surface area contributed by atoms with E-state index in [1.54, 1.807) is 18.2 Å². The maximum absolute atomic E-state index is 12.4. The van der Waals surface area contributed by atoms with Gasteiger partial charge in [-0.3, -0.25) is 4.79 Å². The first-order chi connectivity index (χ1) is 12.1. The van der Waals surface area contributed by atoms with Gasteiger partial charge in [0.2, 0.25) is 5.91 Å². The number of imidazole rings is 1. The molecule has 0 N–H and O–H groups in total. The third-order valence-electron chi connectivity index (χ3n) is 3.85. The lowest BCUT2D eigenvalue weighted by molar-refractivity contribution is -0.127. The van der Waals surface area contributed by atoms with E-state index in [0.29, 0.717) is 17.3 Å². The summed E-state index contributed by atoms with van der Waals surface area (Å²) >= 11 is 7.52. The number of aromatic nitrogens is 2. The second kappa shape index (κ2) is 7.97. The number of hydrogen-bond donors (Lipinski definition) is 0. The molecule has 0 saturated carbocycles. The topological polar surface area (TPSA) is 51.3 Å². The Bertz CT molecular complexity index is 861. The highest BCUT2D eigenvalue weighted by Gasteiger charge is 2.15. The summed E-state index contributed by atoms with van der Waals surface area (Å²) in [5.74, 6) is 1.14. The number of fused-ring (bicyclic) bond motifs is 1. The fourth-order valence-electron chi connectivity index (χ4n) is 2.59. The smallest absolute Gasteiger partial charge is 0.233 e. The Hall–Kier alpha value is -1.92. The Morgan fingerprint density at radius 3 is 2.96 bits per heavy atom. The van der Waals surface area contributed by atoms with Gasteiger partial charge in [0, 0.05) is 18.6 Å². The second-order valence-electron chi connectivity index (χ2n) is 5.80. The molecule has 0 bridgehead atoms. The number of thioether (sulfide) groups is 1. The van der Waals surface area contributed by atoms with E-state index < -0.39 is 0 Å². The lowest BCUT2D eigenvalue weighted by Gasteiger charge is -2.15. The zero-order valence-electron chi connectivity index (χ0n) is 14.2. The van der Waals surface area contributed by atoms with Crippen molar-refractivity contribution in [2.24, 2.45) is 0 Å². The van der Waals surface area contributed by atoms with Crippen LogP contribution in [0.3, 0.4) is 0 Å². The third kappa shape index (κ3) is 4.19. The molecule has 3 aromatic rings. The number of nitrogens with zero attached hydrogens (tertiary/aromatic N) is 3. The predicted molar refractivity (Wildman–Crippen MR) is 101 cm³/mol. The summed E-state index contributed by atoms with van der Waals surface area (Å²) in [5, 5.41) is 1.51. The van der Waals surface area contributed by atoms with Gasteiger partial charge in [-0.25, -0.2) is 4.98 Å². The number of benzene rings is 1. The number of amides is 1. The molecule has 25 heavy (non-hydrogen) atoms. The molecule has 3 rings (SSSR count). The SMILES string of the molecule is CCCn1c(SCC(=O)N(C)Cc2ccco2)nc2cc(Cl)ccc21. The van der Waals surface area contributed by atoms with Gasteiger partial charge in [-0.1, -0.05) is 30.3 Å². The molecule has 0 radical (unpaired) electrons. The van der Waals surface area contributed by atoms with Gasteiger partial charge < -0.3 is 13.9 Å². The average Bonchev–Trinajstić information content (AvgIpc) is 3.21. The van der Waals surface area contributed by atoms with E-state index in [2.05, 4.69) is 16.5 Å². The molecule has 0 aliphatic heterocycles. The van der Waals surface area contributed by atoms with E-state index >= 15 is 0 Å². The minimum absolute atomic E-state index is 0.0366. The van der Waals surface area contributed by atoms with Gasteiger partial charge in [-0.05, 0) is 36.8 Å². The molecule has 0 atom stereocenters. The maximum atomic E-state index is 12.4. The first-order valence-electron chi connectivity index (χ1n) is 8.13. The molecule has 0 spiro atoms. The third-order valence-corrected chi connectivity index (χ3v) is 5.04. The average molecular weight is 378 g/mol. The molecule has 2 aromatic heterocycles. The molecule has 0 unspecified atom stereocenters. The van der Waals surface area contributed by atoms with Crippen molar-refractivity contribution in [2.45, 2.75) is 31.6 Å². The standard InChI is InChI=1S/C18H20ClN3O2S/c1-3-8-22-16-7-6-13(19)10-15(16)20-18(22)25-12-17(23)21(2)11-14-5-4-9-24-14/h4-7,9-10H,3,8,11-12H2,1-2H3. The first kappa shape index (κ1) is 17.9. The Morgan fingerprint density at radius 2 is 2.24 bits per heavy atom. The highest BCUT2D eigenvalue weighted by molar-refractivity contribution is 7.99. The highest BCUT2D eigenvalue weighted by Crippen LogP contribution is 2.27. The first-order valence-corrected chi connectivity index (χ1v) is 9.49. The number of halogens is 1. The van der Waals surface area contributed by atoms with Gasteiger partial charge in [0.1, 0.15) is 5.76 Å². The zero-order chi connectivity index (χ0) is 17.8. The maximum Gasteiger partial charge on any atom is 0.233 e. The summed E-state index contributed by atoms with van der Waals surface area (Å²) in [7, 11) is 1.78. The van der Waals surface area contributed by atoms with E-state index in [1.165, 1.54) is 11.8 Å². The van der Waals surface area contributed by atoms with Crippen LogP contribution in [-0.4, -0.2) is 33.2 Å². The molecular weight excluding hydrogens is 358 g/mol. The van der Waals surface area contributed by atoms with E-state index in [0.717, 1.165) is 34.9 Å². The summed E-state index contributed by atoms with van der Waals surface area (Å²) < 4.78 is 7.44. The van der Waals surface area contributed by atoms with Crippen LogP contribution in [0.1, 0.15) is 19.1 Å². The van der Waals surface area contributed by atoms with Gasteiger partial charge in [-0.15, -0.1) is 0 Å². The van der Waals surface area contributed by atoms with Crippen LogP contribution < -0.4 is 0 Å². The van der Waals surface area contributed by atoms with Crippen LogP contribution in [0, 0.1) is 0 Å². The van der Waals surface area contributed by atoms with Crippen LogP contribution in [0.15, 0.2) is 46.2 Å². The second-order valence-corrected chi connectivity index (χ2v) is 7.18. The Labute approximate surface area is 156 Å². The lowest BCUT2D eigenvalue weighted by Crippen LogP contribution is -2.27. The monoisotopic (exact) mass is 377 g/mol. The molecule has 5 nitrogen and oxygen atoms in total. The van der Waals surface area contributed by atoms with Crippen molar-refractivity contribution in [1.29, 1.82) is 0 Å². The van der Waals surface area contributed by atoms with E-state index in [9.17, 15) is 4.79 Å². The molecule has 0 aliphatic rings. The molecular formula is C18H20ClN3O2S. The molecule has 1 aromatic carbocycles. The predicted octanol–water partition coefficient (Wildman–Crippen LogP) is 4.44. The molecule has 0 aliphatic carbocycles. The van der Waals surface area contributed by atoms with Crippen LogP contribution in [0.25, 0.3) is 11.0 Å². The van der Waals surface area contributed by atoms with E-state index in [1.807, 2.05) is 30.3 Å². The molecule has 132 valence electrons. The summed E-state index contributed by atoms with van der Waals surface area (Å²) in [6.45, 7) is 3.45. The van der Waals surface area contributed by atoms with Crippen LogP contribution >= 0.6 is 23.4 Å². The highest BCUT2D eigenvalue weighted by atomic mass is 35.5. The number of carbonyl (C=O) groups excluding carboxylic acids is 1. The Kier molecular flexibility index (Phi) is 5.71. The van der Waals surface area contributed by atoms with Crippen molar-refractivity contribution in [1.82, 2.24) is 14.5 Å². The largest absolute Gasteiger partial charge is 0.467 e. The number of aryl methyl sites for hydroxylation is 1. The van der Waals surface area contributed by atoms with Crippen molar-refractivity contribution in [3.05, 3.63) is 47.4 Å². The number of rotatable bonds is 7. The van der Waals surface area contributed by atoms with Crippen molar-refractivity contribution in [2.75, 3.05) is 12.8 Å². The van der Waals surface area contributed by atoms with Gasteiger partial charge in [-0.2, -0.15) is 0 Å². The molecule has 0 fully saturated rings. The van der Waals surface area contributed by atoms with Crippen LogP contribution in [-0.2, 0) is 17.9 Å². The minimum atomic E-state index is 0.0366. The molecule has 2 heterocycles. The number of furan rings is 1. The molecule has 1 amide bonds. The van der Waals surface area contributed by atoms with Crippen LogP contribution in [0.2, 0.25) is 5.02 Å². The van der Waals surface area contributed by atoms with Crippen molar-refractivity contribution in [3.63, 3.8) is 0 Å². The summed E-state index contributed by atoms with van der Waals surface area (Å²) in [6.07, 6.45) is 2.61. The van der Waals surface area contributed by atoms with Gasteiger partial charge in [0.05, 0.1) is 29.6 Å². The lowest BCUT2D eigenvalue weighted by atomic mass is 10.3. The van der Waals surface area contributed by atoms with E-state index in [-0.39, 0.29) is 5.91 Å². The Morgan fingerprint density at radius 1 is 1.40 bits per heavy atom. The summed E-state index contributed by atoms with van der Waals surface area (Å²) in [4.78, 5) is 18.7. The van der Waals surface area contributed by atoms with Crippen molar-refractivity contribution in [3.8, 4) is 0 Å². The Balaban J connectivity index is 1.71. The van der Waals surface area contributed by atoms with Gasteiger partial charge in [0.25, 0.3) is 0 Å². The van der Waals surface area contributed by atoms with Crippen molar-refractivity contribution >= 4 is 40.3 Å². The summed E-state index contributed by atoms with van der Waals surface area (Å²) in [6, 6.07) is 9.39. The van der Waals surface area contributed by atoms with E-state index in [4.69, 9.17) is 16.0 Å². The van der Waals surface area contributed by atoms with Crippen LogP contribution in [0.5, 0.6) is 0 Å². The number of carbonyl (C=O) groups is 1. The number of hydrogen-bond acceptors (Lipinski definition) is 4. The van der Waals surface area contributed by atoms with Gasteiger partial charge in [0.15, 0.2) is 5.16 Å². The van der Waals surface area contributed by atoms with Crippen molar-refractivity contribution < 1.29 is 9.21 Å². The van der Waals surface area contributed by atoms with Gasteiger partial charge >= 0.3 is 0 Å². The fraction of sp³-hybridized carbons (Fsp3) is 0.333. The molecule has 0 saturated heterocycles. The quantitative estimate of drug-likeness (QED) is 0.571. The minimum Gasteiger partial charge on any atom is -0.467 e. The molecule has 7 heteroatoms. The van der Waals surface area contributed by atoms with Crippen LogP contribution in [0.4, 0.5) is 0 Å². The fourth-order valence-corrected chi connectivity index (χ4v) is 3.74. The summed E-state index contributed by atoms with van der Waals surface area (Å²) in [5.41, 5.74) is 1.91. The zero-order valence-corrected chi connectivity index (χ0v) is 15.8.